The highest BCUT2D eigenvalue weighted by Gasteiger charge is 2.14. The molecular weight excluding hydrogens is 319 g/mol. The van der Waals surface area contributed by atoms with Gasteiger partial charge < -0.3 is 5.32 Å². The quantitative estimate of drug-likeness (QED) is 0.621. The minimum absolute atomic E-state index is 0.00894. The Kier molecular flexibility index (Phi) is 3.65. The Morgan fingerprint density at radius 1 is 1.20 bits per heavy atom. The molecule has 1 aromatic carbocycles. The van der Waals surface area contributed by atoms with Gasteiger partial charge in [-0.15, -0.1) is 0 Å². The summed E-state index contributed by atoms with van der Waals surface area (Å²) in [5, 5.41) is 4.12. The number of aromatic nitrogens is 3. The highest BCUT2D eigenvalue weighted by molar-refractivity contribution is 5.83. The summed E-state index contributed by atoms with van der Waals surface area (Å²) < 4.78 is 15.3. The van der Waals surface area contributed by atoms with Crippen LogP contribution in [0.2, 0.25) is 0 Å². The molecule has 5 nitrogen and oxygen atoms in total. The second-order valence-corrected chi connectivity index (χ2v) is 5.68. The Morgan fingerprint density at radius 3 is 2.92 bits per heavy atom. The van der Waals surface area contributed by atoms with Gasteiger partial charge in [-0.05, 0) is 42.8 Å². The molecule has 0 bridgehead atoms. The first kappa shape index (κ1) is 15.3. The van der Waals surface area contributed by atoms with Crippen molar-refractivity contribution < 1.29 is 4.39 Å². The fourth-order valence-electron chi connectivity index (χ4n) is 2.88. The zero-order valence-corrected chi connectivity index (χ0v) is 13.5. The molecule has 0 atom stereocenters. The molecule has 0 spiro atoms. The highest BCUT2D eigenvalue weighted by atomic mass is 19.1. The fourth-order valence-corrected chi connectivity index (χ4v) is 2.88. The van der Waals surface area contributed by atoms with Crippen molar-refractivity contribution in [2.45, 2.75) is 13.3 Å². The third kappa shape index (κ3) is 2.61. The minimum atomic E-state index is -0.534. The van der Waals surface area contributed by atoms with E-state index in [1.54, 1.807) is 6.20 Å². The van der Waals surface area contributed by atoms with Crippen LogP contribution in [0.15, 0.2) is 59.7 Å². The van der Waals surface area contributed by atoms with Crippen molar-refractivity contribution in [1.29, 1.82) is 0 Å². The number of fused-ring (bicyclic) bond motifs is 2. The van der Waals surface area contributed by atoms with Crippen molar-refractivity contribution in [2.24, 2.45) is 0 Å². The molecule has 4 rings (SSSR count). The molecule has 1 N–H and O–H groups in total. The molecule has 0 amide bonds. The maximum Gasteiger partial charge on any atom is 0.263 e. The Bertz CT molecular complexity index is 1150. The molecule has 124 valence electrons. The molecule has 0 aliphatic carbocycles. The number of rotatable bonds is 3. The number of pyridine rings is 2. The molecule has 0 saturated heterocycles. The van der Waals surface area contributed by atoms with Gasteiger partial charge in [0, 0.05) is 23.5 Å². The SMILES string of the molecule is CCc1c(Nc2ccc3ncccc3c2)nc2c(F)cccn2c1=O. The number of anilines is 2. The Hall–Kier alpha value is -3.28. The minimum Gasteiger partial charge on any atom is -0.340 e. The van der Waals surface area contributed by atoms with E-state index in [0.717, 1.165) is 16.6 Å². The molecular formula is C19H15FN4O. The van der Waals surface area contributed by atoms with E-state index in [2.05, 4.69) is 15.3 Å². The first-order valence-corrected chi connectivity index (χ1v) is 7.99. The van der Waals surface area contributed by atoms with Gasteiger partial charge in [-0.3, -0.25) is 14.2 Å². The fraction of sp³-hybridized carbons (Fsp3) is 0.105. The van der Waals surface area contributed by atoms with Gasteiger partial charge in [0.15, 0.2) is 11.5 Å². The van der Waals surface area contributed by atoms with Gasteiger partial charge in [-0.25, -0.2) is 9.37 Å². The lowest BCUT2D eigenvalue weighted by atomic mass is 10.2. The average molecular weight is 334 g/mol. The molecule has 3 aromatic heterocycles. The van der Waals surface area contributed by atoms with Crippen molar-refractivity contribution >= 4 is 28.1 Å². The highest BCUT2D eigenvalue weighted by Crippen LogP contribution is 2.22. The van der Waals surface area contributed by atoms with Crippen LogP contribution in [0.3, 0.4) is 0 Å². The van der Waals surface area contributed by atoms with E-state index < -0.39 is 5.82 Å². The monoisotopic (exact) mass is 334 g/mol. The van der Waals surface area contributed by atoms with E-state index in [4.69, 9.17) is 0 Å². The van der Waals surface area contributed by atoms with E-state index in [9.17, 15) is 9.18 Å². The lowest BCUT2D eigenvalue weighted by Gasteiger charge is -2.12. The molecule has 0 fully saturated rings. The van der Waals surface area contributed by atoms with Crippen LogP contribution in [0.5, 0.6) is 0 Å². The molecule has 0 aliphatic rings. The average Bonchev–Trinajstić information content (AvgIpc) is 2.63. The van der Waals surface area contributed by atoms with Crippen molar-refractivity contribution in [3.05, 3.63) is 76.6 Å². The maximum absolute atomic E-state index is 14.1. The summed E-state index contributed by atoms with van der Waals surface area (Å²) in [6.45, 7) is 1.87. The molecule has 4 aromatic rings. The van der Waals surface area contributed by atoms with E-state index in [1.165, 1.54) is 22.7 Å². The van der Waals surface area contributed by atoms with E-state index in [0.29, 0.717) is 17.8 Å². The number of hydrogen-bond donors (Lipinski definition) is 1. The summed E-state index contributed by atoms with van der Waals surface area (Å²) in [5.74, 6) is -0.158. The summed E-state index contributed by atoms with van der Waals surface area (Å²) in [5.41, 5.74) is 1.89. The second kappa shape index (κ2) is 5.98. The summed E-state index contributed by atoms with van der Waals surface area (Å²) in [4.78, 5) is 21.3. The number of halogens is 1. The topological polar surface area (TPSA) is 59.3 Å². The number of nitrogens with zero attached hydrogens (tertiary/aromatic N) is 3. The van der Waals surface area contributed by atoms with Gasteiger partial charge in [0.25, 0.3) is 5.56 Å². The molecule has 0 unspecified atom stereocenters. The Labute approximate surface area is 142 Å². The zero-order valence-electron chi connectivity index (χ0n) is 13.5. The van der Waals surface area contributed by atoms with Crippen LogP contribution in [0.25, 0.3) is 16.6 Å². The van der Waals surface area contributed by atoms with Gasteiger partial charge >= 0.3 is 0 Å². The smallest absolute Gasteiger partial charge is 0.263 e. The first-order valence-electron chi connectivity index (χ1n) is 7.99. The molecule has 0 radical (unpaired) electrons. The van der Waals surface area contributed by atoms with Gasteiger partial charge in [-0.2, -0.15) is 0 Å². The molecule has 0 saturated carbocycles. The van der Waals surface area contributed by atoms with Crippen LogP contribution >= 0.6 is 0 Å². The van der Waals surface area contributed by atoms with Gasteiger partial charge in [0.05, 0.1) is 11.1 Å². The van der Waals surface area contributed by atoms with Crippen molar-refractivity contribution in [3.8, 4) is 0 Å². The maximum atomic E-state index is 14.1. The van der Waals surface area contributed by atoms with Crippen LogP contribution in [0.4, 0.5) is 15.9 Å². The third-order valence-electron chi connectivity index (χ3n) is 4.12. The van der Waals surface area contributed by atoms with Crippen molar-refractivity contribution in [2.75, 3.05) is 5.32 Å². The number of benzene rings is 1. The van der Waals surface area contributed by atoms with E-state index in [1.807, 2.05) is 37.3 Å². The van der Waals surface area contributed by atoms with Crippen LogP contribution in [-0.4, -0.2) is 14.4 Å². The number of nitrogens with one attached hydrogen (secondary N) is 1. The Morgan fingerprint density at radius 2 is 2.08 bits per heavy atom. The summed E-state index contributed by atoms with van der Waals surface area (Å²) in [7, 11) is 0. The first-order chi connectivity index (χ1) is 12.2. The summed E-state index contributed by atoms with van der Waals surface area (Å²) in [6, 6.07) is 12.3. The number of hydrogen-bond acceptors (Lipinski definition) is 4. The zero-order chi connectivity index (χ0) is 17.4. The second-order valence-electron chi connectivity index (χ2n) is 5.68. The largest absolute Gasteiger partial charge is 0.340 e. The lowest BCUT2D eigenvalue weighted by molar-refractivity contribution is 0.626. The van der Waals surface area contributed by atoms with Crippen LogP contribution < -0.4 is 10.9 Å². The molecule has 25 heavy (non-hydrogen) atoms. The van der Waals surface area contributed by atoms with E-state index >= 15 is 0 Å². The molecule has 3 heterocycles. The van der Waals surface area contributed by atoms with E-state index in [-0.39, 0.29) is 11.2 Å². The molecule has 6 heteroatoms. The van der Waals surface area contributed by atoms with Crippen LogP contribution in [-0.2, 0) is 6.42 Å². The normalized spacial score (nSPS) is 11.1. The van der Waals surface area contributed by atoms with Crippen LogP contribution in [0.1, 0.15) is 12.5 Å². The Balaban J connectivity index is 1.87. The van der Waals surface area contributed by atoms with Crippen LogP contribution in [0, 0.1) is 5.82 Å². The standard InChI is InChI=1S/C19H15FN4O/c1-2-14-17(23-18-15(20)6-4-10-24(18)19(14)25)22-13-7-8-16-12(11-13)5-3-9-21-16/h3-11,22H,2H2,1H3. The van der Waals surface area contributed by atoms with Crippen molar-refractivity contribution in [1.82, 2.24) is 14.4 Å². The van der Waals surface area contributed by atoms with Gasteiger partial charge in [0.2, 0.25) is 0 Å². The van der Waals surface area contributed by atoms with Gasteiger partial charge in [0.1, 0.15) is 5.82 Å². The van der Waals surface area contributed by atoms with Crippen molar-refractivity contribution in [3.63, 3.8) is 0 Å². The lowest BCUT2D eigenvalue weighted by Crippen LogP contribution is -2.22. The predicted octanol–water partition coefficient (Wildman–Crippen LogP) is 3.69. The summed E-state index contributed by atoms with van der Waals surface area (Å²) >= 11 is 0. The van der Waals surface area contributed by atoms with Gasteiger partial charge in [-0.1, -0.05) is 13.0 Å². The predicted molar refractivity (Wildman–Crippen MR) is 95.8 cm³/mol. The third-order valence-corrected chi connectivity index (χ3v) is 4.12. The molecule has 0 aliphatic heterocycles. The summed E-state index contributed by atoms with van der Waals surface area (Å²) in [6.07, 6.45) is 3.75.